The maximum atomic E-state index is 13.4. The van der Waals surface area contributed by atoms with Crippen molar-refractivity contribution in [3.8, 4) is 22.6 Å². The lowest BCUT2D eigenvalue weighted by Crippen LogP contribution is -2.36. The van der Waals surface area contributed by atoms with Gasteiger partial charge in [0.1, 0.15) is 5.82 Å². The van der Waals surface area contributed by atoms with Crippen molar-refractivity contribution in [2.45, 2.75) is 66.8 Å². The lowest BCUT2D eigenvalue weighted by atomic mass is 9.93. The first-order chi connectivity index (χ1) is 25.5. The third kappa shape index (κ3) is 11.2. The van der Waals surface area contributed by atoms with E-state index in [0.717, 1.165) is 48.3 Å². The zero-order valence-corrected chi connectivity index (χ0v) is 32.2. The van der Waals surface area contributed by atoms with Crippen molar-refractivity contribution in [3.63, 3.8) is 0 Å². The molecule has 1 unspecified atom stereocenters. The molecule has 12 nitrogen and oxygen atoms in total. The highest BCUT2D eigenvalue weighted by molar-refractivity contribution is 5.94. The van der Waals surface area contributed by atoms with Gasteiger partial charge in [-0.25, -0.2) is 9.78 Å². The van der Waals surface area contributed by atoms with Gasteiger partial charge in [0.25, 0.3) is 5.91 Å². The van der Waals surface area contributed by atoms with Crippen LogP contribution in [0.5, 0.6) is 11.5 Å². The summed E-state index contributed by atoms with van der Waals surface area (Å²) in [5.74, 6) is 0.979. The van der Waals surface area contributed by atoms with Crippen LogP contribution >= 0.6 is 0 Å². The fraction of sp³-hybridized carbons (Fsp3) is 0.390. The Morgan fingerprint density at radius 1 is 0.925 bits per heavy atom. The van der Waals surface area contributed by atoms with Crippen molar-refractivity contribution >= 4 is 35.4 Å². The van der Waals surface area contributed by atoms with Crippen molar-refractivity contribution in [2.24, 2.45) is 0 Å². The fourth-order valence-corrected chi connectivity index (χ4v) is 5.70. The average Bonchev–Trinajstić information content (AvgIpc) is 3.15. The second-order valence-electron chi connectivity index (χ2n) is 13.0. The molecule has 4 aromatic rings. The van der Waals surface area contributed by atoms with Crippen molar-refractivity contribution in [1.29, 1.82) is 0 Å². The molecule has 0 bridgehead atoms. The van der Waals surface area contributed by atoms with Gasteiger partial charge in [-0.3, -0.25) is 14.9 Å². The number of aromatic nitrogens is 2. The summed E-state index contributed by atoms with van der Waals surface area (Å²) in [6.45, 7) is 15.6. The summed E-state index contributed by atoms with van der Waals surface area (Å²) in [4.78, 5) is 51.6. The number of carbonyl (C=O) groups is 3. The van der Waals surface area contributed by atoms with Gasteiger partial charge in [-0.1, -0.05) is 39.0 Å². The lowest BCUT2D eigenvalue weighted by Gasteiger charge is -2.23. The van der Waals surface area contributed by atoms with Crippen LogP contribution in [-0.4, -0.2) is 84.1 Å². The molecule has 1 aromatic heterocycles. The molecule has 53 heavy (non-hydrogen) atoms. The van der Waals surface area contributed by atoms with Crippen LogP contribution in [0.1, 0.15) is 67.6 Å². The molecule has 0 saturated carbocycles. The van der Waals surface area contributed by atoms with Crippen molar-refractivity contribution < 1.29 is 23.9 Å². The van der Waals surface area contributed by atoms with Crippen LogP contribution in [0.25, 0.3) is 11.1 Å². The fourth-order valence-electron chi connectivity index (χ4n) is 5.70. The molecule has 1 atom stereocenters. The van der Waals surface area contributed by atoms with Gasteiger partial charge < -0.3 is 29.9 Å². The zero-order chi connectivity index (χ0) is 38.5. The standard InChI is InChI=1S/C41H53N7O5/c1-9-28(5)43-37(49)20-15-30-25-34(33-14-12-13-27(4)29(33)6)38(35(26-30)52-8)53-41(51)46-36-21-22-42-40(45-36)44-32-18-16-31(17-19-32)39(50)47(7)23-24-48(10-2)11-3/h12-14,16-19,21-22,25-26,28H,9-11,15,20,23-24H2,1-8H3,(H,43,49)(H2,42,44,45,46,51). The number of anilines is 3. The normalized spacial score (nSPS) is 11.5. The first-order valence-corrected chi connectivity index (χ1v) is 18.2. The molecule has 0 aliphatic heterocycles. The Morgan fingerprint density at radius 2 is 1.66 bits per heavy atom. The molecule has 3 amide bonds. The van der Waals surface area contributed by atoms with Crippen LogP contribution in [0.15, 0.2) is 66.9 Å². The minimum absolute atomic E-state index is 0.0261. The Balaban J connectivity index is 1.48. The van der Waals surface area contributed by atoms with Gasteiger partial charge in [0.05, 0.1) is 7.11 Å². The quantitative estimate of drug-likeness (QED) is 0.102. The van der Waals surface area contributed by atoms with Gasteiger partial charge in [0.2, 0.25) is 11.9 Å². The Bertz CT molecular complexity index is 1860. The number of hydrogen-bond acceptors (Lipinski definition) is 9. The molecule has 0 aliphatic carbocycles. The summed E-state index contributed by atoms with van der Waals surface area (Å²) in [5.41, 5.74) is 5.77. The first-order valence-electron chi connectivity index (χ1n) is 18.2. The number of carbonyl (C=O) groups excluding carboxylic acids is 3. The maximum absolute atomic E-state index is 13.4. The van der Waals surface area contributed by atoms with E-state index in [0.29, 0.717) is 42.0 Å². The largest absolute Gasteiger partial charge is 0.493 e. The average molecular weight is 724 g/mol. The van der Waals surface area contributed by atoms with E-state index < -0.39 is 6.09 Å². The molecule has 0 fully saturated rings. The van der Waals surface area contributed by atoms with Gasteiger partial charge in [-0.05, 0) is 111 Å². The molecule has 0 saturated heterocycles. The number of hydrogen-bond donors (Lipinski definition) is 3. The van der Waals surface area contributed by atoms with Gasteiger partial charge in [-0.2, -0.15) is 4.98 Å². The minimum Gasteiger partial charge on any atom is -0.493 e. The summed E-state index contributed by atoms with van der Waals surface area (Å²) in [6, 6.07) is 18.4. The summed E-state index contributed by atoms with van der Waals surface area (Å²) in [5, 5.41) is 8.84. The first kappa shape index (κ1) is 40.3. The van der Waals surface area contributed by atoms with E-state index in [1.807, 2.05) is 59.0 Å². The van der Waals surface area contributed by atoms with Crippen molar-refractivity contribution in [2.75, 3.05) is 51.0 Å². The van der Waals surface area contributed by atoms with Crippen LogP contribution in [0, 0.1) is 13.8 Å². The van der Waals surface area contributed by atoms with E-state index in [-0.39, 0.29) is 35.4 Å². The predicted octanol–water partition coefficient (Wildman–Crippen LogP) is 7.38. The Morgan fingerprint density at radius 3 is 2.34 bits per heavy atom. The van der Waals surface area contributed by atoms with E-state index in [1.165, 1.54) is 13.3 Å². The molecule has 0 radical (unpaired) electrons. The monoisotopic (exact) mass is 723 g/mol. The molecule has 4 rings (SSSR count). The summed E-state index contributed by atoms with van der Waals surface area (Å²) < 4.78 is 11.7. The maximum Gasteiger partial charge on any atom is 0.418 e. The molecule has 12 heteroatoms. The van der Waals surface area contributed by atoms with E-state index in [4.69, 9.17) is 9.47 Å². The topological polar surface area (TPSA) is 138 Å². The number of ether oxygens (including phenoxy) is 2. The molecular weight excluding hydrogens is 670 g/mol. The van der Waals surface area contributed by atoms with Gasteiger partial charge in [-0.15, -0.1) is 0 Å². The lowest BCUT2D eigenvalue weighted by molar-refractivity contribution is -0.121. The predicted molar refractivity (Wildman–Crippen MR) is 210 cm³/mol. The molecule has 3 aromatic carbocycles. The SMILES string of the molecule is CCC(C)NC(=O)CCc1cc(OC)c(OC(=O)Nc2ccnc(Nc3ccc(C(=O)N(C)CCN(CC)CC)cc3)n2)c(-c2cccc(C)c2C)c1. The van der Waals surface area contributed by atoms with Crippen LogP contribution in [0.3, 0.4) is 0 Å². The summed E-state index contributed by atoms with van der Waals surface area (Å²) in [6.07, 6.45) is 2.38. The second-order valence-corrected chi connectivity index (χ2v) is 13.0. The molecule has 282 valence electrons. The summed E-state index contributed by atoms with van der Waals surface area (Å²) in [7, 11) is 3.33. The number of methoxy groups -OCH3 is 1. The number of rotatable bonds is 17. The van der Waals surface area contributed by atoms with Gasteiger partial charge in [0.15, 0.2) is 11.5 Å². The highest BCUT2D eigenvalue weighted by atomic mass is 16.6. The van der Waals surface area contributed by atoms with Crippen LogP contribution in [0.2, 0.25) is 0 Å². The highest BCUT2D eigenvalue weighted by Gasteiger charge is 2.21. The molecular formula is C41H53N7O5. The van der Waals surface area contributed by atoms with E-state index in [2.05, 4.69) is 44.7 Å². The Labute approximate surface area is 313 Å². The van der Waals surface area contributed by atoms with Gasteiger partial charge in [0, 0.05) is 55.6 Å². The third-order valence-corrected chi connectivity index (χ3v) is 9.35. The van der Waals surface area contributed by atoms with E-state index in [9.17, 15) is 14.4 Å². The van der Waals surface area contributed by atoms with Crippen molar-refractivity contribution in [1.82, 2.24) is 25.1 Å². The summed E-state index contributed by atoms with van der Waals surface area (Å²) >= 11 is 0. The number of nitrogens with one attached hydrogen (secondary N) is 3. The van der Waals surface area contributed by atoms with E-state index in [1.54, 1.807) is 41.3 Å². The molecule has 3 N–H and O–H groups in total. The molecule has 0 spiro atoms. The minimum atomic E-state index is -0.770. The van der Waals surface area contributed by atoms with E-state index >= 15 is 0 Å². The van der Waals surface area contributed by atoms with Crippen LogP contribution in [-0.2, 0) is 11.2 Å². The number of amides is 3. The molecule has 0 aliphatic rings. The number of benzene rings is 3. The highest BCUT2D eigenvalue weighted by Crippen LogP contribution is 2.42. The Kier molecular flexibility index (Phi) is 14.7. The third-order valence-electron chi connectivity index (χ3n) is 9.35. The number of aryl methyl sites for hydroxylation is 2. The van der Waals surface area contributed by atoms with Crippen LogP contribution < -0.4 is 25.4 Å². The second kappa shape index (κ2) is 19.4. The smallest absolute Gasteiger partial charge is 0.418 e. The van der Waals surface area contributed by atoms with Crippen LogP contribution in [0.4, 0.5) is 22.2 Å². The zero-order valence-electron chi connectivity index (χ0n) is 32.2. The number of likely N-dealkylation sites (N-methyl/N-ethyl adjacent to an activating group) is 2. The van der Waals surface area contributed by atoms with Gasteiger partial charge >= 0.3 is 6.09 Å². The number of nitrogens with zero attached hydrogens (tertiary/aromatic N) is 4. The molecule has 1 heterocycles. The van der Waals surface area contributed by atoms with Crippen molar-refractivity contribution in [3.05, 3.63) is 89.1 Å². The Hall–Kier alpha value is -5.49.